The first-order valence-corrected chi connectivity index (χ1v) is 6.95. The van der Waals surface area contributed by atoms with Crippen LogP contribution in [0.4, 0.5) is 0 Å². The van der Waals surface area contributed by atoms with Gasteiger partial charge in [0.25, 0.3) is 0 Å². The SMILES string of the molecule is C#CCOc1cc(OCC)cc(-c2nc3ncccc3[nH]2)c1. The first-order valence-electron chi connectivity index (χ1n) is 6.95. The molecule has 2 heterocycles. The fraction of sp³-hybridized carbons (Fsp3) is 0.176. The molecule has 0 spiro atoms. The van der Waals surface area contributed by atoms with Crippen LogP contribution in [0.15, 0.2) is 36.5 Å². The minimum absolute atomic E-state index is 0.205. The van der Waals surface area contributed by atoms with Crippen molar-refractivity contribution in [3.05, 3.63) is 36.5 Å². The molecule has 3 rings (SSSR count). The second-order valence-electron chi connectivity index (χ2n) is 4.58. The maximum atomic E-state index is 5.57. The van der Waals surface area contributed by atoms with Gasteiger partial charge in [0.1, 0.15) is 23.9 Å². The number of terminal acetylenes is 1. The summed E-state index contributed by atoms with van der Waals surface area (Å²) in [5, 5.41) is 0. The van der Waals surface area contributed by atoms with Crippen molar-refractivity contribution in [1.29, 1.82) is 0 Å². The molecule has 5 heteroatoms. The van der Waals surface area contributed by atoms with Crippen molar-refractivity contribution >= 4 is 11.2 Å². The van der Waals surface area contributed by atoms with Crippen LogP contribution in [0, 0.1) is 12.3 Å². The highest BCUT2D eigenvalue weighted by Gasteiger charge is 2.09. The molecular formula is C17H15N3O2. The van der Waals surface area contributed by atoms with E-state index in [1.807, 2.05) is 37.3 Å². The van der Waals surface area contributed by atoms with E-state index in [9.17, 15) is 0 Å². The number of imidazole rings is 1. The molecule has 0 aliphatic rings. The lowest BCUT2D eigenvalue weighted by molar-refractivity contribution is 0.332. The number of pyridine rings is 1. The highest BCUT2D eigenvalue weighted by molar-refractivity contribution is 5.76. The van der Waals surface area contributed by atoms with Crippen molar-refractivity contribution in [2.75, 3.05) is 13.2 Å². The number of benzene rings is 1. The molecule has 0 aliphatic heterocycles. The molecule has 0 saturated heterocycles. The van der Waals surface area contributed by atoms with Gasteiger partial charge in [0.2, 0.25) is 0 Å². The van der Waals surface area contributed by atoms with E-state index in [1.54, 1.807) is 6.20 Å². The monoisotopic (exact) mass is 293 g/mol. The zero-order valence-electron chi connectivity index (χ0n) is 12.2. The molecule has 0 fully saturated rings. The van der Waals surface area contributed by atoms with Gasteiger partial charge in [0, 0.05) is 17.8 Å². The smallest absolute Gasteiger partial charge is 0.178 e. The van der Waals surface area contributed by atoms with Gasteiger partial charge in [0.05, 0.1) is 12.1 Å². The van der Waals surface area contributed by atoms with Crippen LogP contribution in [0.25, 0.3) is 22.6 Å². The van der Waals surface area contributed by atoms with Crippen LogP contribution >= 0.6 is 0 Å². The molecule has 0 amide bonds. The average molecular weight is 293 g/mol. The lowest BCUT2D eigenvalue weighted by Crippen LogP contribution is -1.97. The normalized spacial score (nSPS) is 10.4. The second kappa shape index (κ2) is 6.19. The van der Waals surface area contributed by atoms with E-state index >= 15 is 0 Å². The van der Waals surface area contributed by atoms with Gasteiger partial charge in [0.15, 0.2) is 5.65 Å². The lowest BCUT2D eigenvalue weighted by Gasteiger charge is -2.09. The maximum absolute atomic E-state index is 5.57. The van der Waals surface area contributed by atoms with Gasteiger partial charge in [-0.05, 0) is 31.2 Å². The van der Waals surface area contributed by atoms with Gasteiger partial charge >= 0.3 is 0 Å². The van der Waals surface area contributed by atoms with Gasteiger partial charge < -0.3 is 14.5 Å². The Kier molecular flexibility index (Phi) is 3.92. The summed E-state index contributed by atoms with van der Waals surface area (Å²) < 4.78 is 11.1. The molecule has 1 aromatic carbocycles. The number of nitrogens with zero attached hydrogens (tertiary/aromatic N) is 2. The van der Waals surface area contributed by atoms with Crippen molar-refractivity contribution in [1.82, 2.24) is 15.0 Å². The third kappa shape index (κ3) is 2.86. The summed E-state index contributed by atoms with van der Waals surface area (Å²) in [5.41, 5.74) is 2.41. The molecule has 5 nitrogen and oxygen atoms in total. The quantitative estimate of drug-likeness (QED) is 0.735. The first-order chi connectivity index (χ1) is 10.8. The minimum Gasteiger partial charge on any atom is -0.494 e. The van der Waals surface area contributed by atoms with Crippen molar-refractivity contribution in [3.8, 4) is 35.2 Å². The van der Waals surface area contributed by atoms with Gasteiger partial charge in [-0.1, -0.05) is 5.92 Å². The van der Waals surface area contributed by atoms with E-state index in [1.165, 1.54) is 0 Å². The molecular weight excluding hydrogens is 278 g/mol. The second-order valence-corrected chi connectivity index (χ2v) is 4.58. The summed E-state index contributed by atoms with van der Waals surface area (Å²) in [4.78, 5) is 12.0. The molecule has 0 saturated carbocycles. The van der Waals surface area contributed by atoms with Crippen molar-refractivity contribution in [3.63, 3.8) is 0 Å². The third-order valence-electron chi connectivity index (χ3n) is 3.04. The summed E-state index contributed by atoms with van der Waals surface area (Å²) >= 11 is 0. The maximum Gasteiger partial charge on any atom is 0.178 e. The van der Waals surface area contributed by atoms with E-state index in [2.05, 4.69) is 20.9 Å². The fourth-order valence-corrected chi connectivity index (χ4v) is 2.15. The Morgan fingerprint density at radius 2 is 2.05 bits per heavy atom. The van der Waals surface area contributed by atoms with E-state index in [0.717, 1.165) is 11.1 Å². The molecule has 3 aromatic rings. The molecule has 2 aromatic heterocycles. The molecule has 0 aliphatic carbocycles. The van der Waals surface area contributed by atoms with Crippen LogP contribution in [0.3, 0.4) is 0 Å². The molecule has 0 radical (unpaired) electrons. The van der Waals surface area contributed by atoms with Gasteiger partial charge in [-0.3, -0.25) is 0 Å². The summed E-state index contributed by atoms with van der Waals surface area (Å²) in [6.07, 6.45) is 6.95. The number of hydrogen-bond acceptors (Lipinski definition) is 4. The molecule has 110 valence electrons. The number of ether oxygens (including phenoxy) is 2. The lowest BCUT2D eigenvalue weighted by atomic mass is 10.2. The topological polar surface area (TPSA) is 60.0 Å². The number of nitrogens with one attached hydrogen (secondary N) is 1. The summed E-state index contributed by atoms with van der Waals surface area (Å²) in [6.45, 7) is 2.70. The first kappa shape index (κ1) is 14.0. The molecule has 0 atom stereocenters. The van der Waals surface area contributed by atoms with Crippen LogP contribution in [-0.4, -0.2) is 28.2 Å². The van der Waals surface area contributed by atoms with Gasteiger partial charge in [-0.15, -0.1) is 6.42 Å². The zero-order chi connectivity index (χ0) is 15.4. The fourth-order valence-electron chi connectivity index (χ4n) is 2.15. The molecule has 22 heavy (non-hydrogen) atoms. The predicted molar refractivity (Wildman–Crippen MR) is 84.8 cm³/mol. The number of aromatic nitrogens is 3. The number of rotatable bonds is 5. The molecule has 0 unspecified atom stereocenters. The number of H-pyrrole nitrogens is 1. The highest BCUT2D eigenvalue weighted by atomic mass is 16.5. The van der Waals surface area contributed by atoms with E-state index < -0.39 is 0 Å². The number of fused-ring (bicyclic) bond motifs is 1. The Hall–Kier alpha value is -3.00. The zero-order valence-corrected chi connectivity index (χ0v) is 12.2. The van der Waals surface area contributed by atoms with Crippen molar-refractivity contribution in [2.45, 2.75) is 6.92 Å². The number of hydrogen-bond donors (Lipinski definition) is 1. The number of aromatic amines is 1. The van der Waals surface area contributed by atoms with Crippen LogP contribution in [0.2, 0.25) is 0 Å². The average Bonchev–Trinajstić information content (AvgIpc) is 2.97. The van der Waals surface area contributed by atoms with E-state index in [0.29, 0.717) is 29.6 Å². The standard InChI is InChI=1S/C17H15N3O2/c1-3-8-22-14-10-12(9-13(11-14)21-4-2)16-19-15-6-5-7-18-17(15)20-16/h1,5-7,9-11H,4,8H2,2H3,(H,18,19,20). The van der Waals surface area contributed by atoms with Gasteiger partial charge in [-0.25, -0.2) is 9.97 Å². The summed E-state index contributed by atoms with van der Waals surface area (Å²) in [7, 11) is 0. The Bertz CT molecular complexity index is 800. The third-order valence-corrected chi connectivity index (χ3v) is 3.04. The van der Waals surface area contributed by atoms with E-state index in [-0.39, 0.29) is 6.61 Å². The van der Waals surface area contributed by atoms with Crippen LogP contribution in [0.1, 0.15) is 6.92 Å². The minimum atomic E-state index is 0.205. The summed E-state index contributed by atoms with van der Waals surface area (Å²) in [6, 6.07) is 9.39. The Balaban J connectivity index is 2.03. The van der Waals surface area contributed by atoms with Crippen LogP contribution in [0.5, 0.6) is 11.5 Å². The van der Waals surface area contributed by atoms with Gasteiger partial charge in [-0.2, -0.15) is 0 Å². The summed E-state index contributed by atoms with van der Waals surface area (Å²) in [5.74, 6) is 4.52. The van der Waals surface area contributed by atoms with Crippen molar-refractivity contribution < 1.29 is 9.47 Å². The largest absolute Gasteiger partial charge is 0.494 e. The predicted octanol–water partition coefficient (Wildman–Crippen LogP) is 3.04. The van der Waals surface area contributed by atoms with Crippen LogP contribution < -0.4 is 9.47 Å². The highest BCUT2D eigenvalue weighted by Crippen LogP contribution is 2.29. The Morgan fingerprint density at radius 1 is 1.23 bits per heavy atom. The molecule has 1 N–H and O–H groups in total. The molecule has 0 bridgehead atoms. The van der Waals surface area contributed by atoms with Crippen LogP contribution in [-0.2, 0) is 0 Å². The Labute approximate surface area is 128 Å². The van der Waals surface area contributed by atoms with Crippen molar-refractivity contribution in [2.24, 2.45) is 0 Å². The Morgan fingerprint density at radius 3 is 2.77 bits per heavy atom. The van der Waals surface area contributed by atoms with E-state index in [4.69, 9.17) is 15.9 Å².